The molecule has 0 bridgehead atoms. The van der Waals surface area contributed by atoms with E-state index in [1.165, 1.54) is 25.1 Å². The maximum Gasteiger partial charge on any atom is 0.408 e. The van der Waals surface area contributed by atoms with Crippen LogP contribution in [0.25, 0.3) is 0 Å². The summed E-state index contributed by atoms with van der Waals surface area (Å²) in [7, 11) is 0. The van der Waals surface area contributed by atoms with Crippen molar-refractivity contribution in [2.45, 2.75) is 39.3 Å². The Balaban J connectivity index is 3.07. The lowest BCUT2D eigenvalue weighted by molar-refractivity contribution is -0.139. The highest BCUT2D eigenvalue weighted by Gasteiger charge is 2.26. The molecule has 0 spiro atoms. The first-order valence-corrected chi connectivity index (χ1v) is 6.57. The molecule has 1 amide bonds. The smallest absolute Gasteiger partial charge is 0.408 e. The average Bonchev–Trinajstić information content (AvgIpc) is 2.34. The number of carbonyl (C=O) groups excluding carboxylic acids is 2. The molecule has 7 heteroatoms. The van der Waals surface area contributed by atoms with Crippen LogP contribution >= 0.6 is 0 Å². The summed E-state index contributed by atoms with van der Waals surface area (Å²) in [5.74, 6) is -1.98. The van der Waals surface area contributed by atoms with E-state index in [0.29, 0.717) is 0 Å². The van der Waals surface area contributed by atoms with E-state index in [0.717, 1.165) is 0 Å². The van der Waals surface area contributed by atoms with E-state index in [9.17, 15) is 24.6 Å². The summed E-state index contributed by atoms with van der Waals surface area (Å²) in [4.78, 5) is 34.5. The Morgan fingerprint density at radius 3 is 2.27 bits per heavy atom. The van der Waals surface area contributed by atoms with Crippen molar-refractivity contribution < 1.29 is 29.3 Å². The van der Waals surface area contributed by atoms with Gasteiger partial charge in [-0.2, -0.15) is 0 Å². The van der Waals surface area contributed by atoms with Crippen LogP contribution < -0.4 is 5.32 Å². The first kappa shape index (κ1) is 17.5. The van der Waals surface area contributed by atoms with E-state index in [1.54, 1.807) is 20.8 Å². The number of carboxylic acid groups (broad SMARTS) is 1. The van der Waals surface area contributed by atoms with Crippen LogP contribution in [0.4, 0.5) is 4.79 Å². The van der Waals surface area contributed by atoms with Gasteiger partial charge in [0.05, 0.1) is 5.56 Å². The van der Waals surface area contributed by atoms with Gasteiger partial charge in [0.25, 0.3) is 0 Å². The number of aliphatic carboxylic acids is 1. The normalized spacial score (nSPS) is 12.4. The molecular weight excluding hydrogens is 290 g/mol. The maximum absolute atomic E-state index is 11.7. The Morgan fingerprint density at radius 2 is 1.82 bits per heavy atom. The summed E-state index contributed by atoms with van der Waals surface area (Å²) in [6, 6.07) is 2.36. The number of Topliss-reactive ketones (excluding diaryl/α,β-unsaturated/α-hetero) is 1. The van der Waals surface area contributed by atoms with Crippen LogP contribution in [-0.2, 0) is 9.53 Å². The first-order valence-electron chi connectivity index (χ1n) is 6.57. The number of rotatable bonds is 4. The zero-order valence-corrected chi connectivity index (χ0v) is 12.8. The van der Waals surface area contributed by atoms with Gasteiger partial charge >= 0.3 is 12.1 Å². The summed E-state index contributed by atoms with van der Waals surface area (Å²) in [5, 5.41) is 21.1. The van der Waals surface area contributed by atoms with E-state index in [4.69, 9.17) is 4.74 Å². The average molecular weight is 309 g/mol. The molecule has 0 aliphatic carbocycles. The number of alkyl carbamates (subject to hydrolysis) is 1. The Morgan fingerprint density at radius 1 is 1.23 bits per heavy atom. The van der Waals surface area contributed by atoms with E-state index >= 15 is 0 Å². The summed E-state index contributed by atoms with van der Waals surface area (Å²) in [6.07, 6.45) is -0.891. The fraction of sp³-hybridized carbons (Fsp3) is 0.400. The minimum absolute atomic E-state index is 0.0188. The number of benzene rings is 1. The third kappa shape index (κ3) is 4.76. The van der Waals surface area contributed by atoms with Crippen LogP contribution in [0.1, 0.15) is 49.7 Å². The predicted octanol–water partition coefficient (Wildman–Crippen LogP) is 2.25. The van der Waals surface area contributed by atoms with Gasteiger partial charge in [0.15, 0.2) is 11.8 Å². The highest BCUT2D eigenvalue weighted by molar-refractivity contribution is 5.97. The van der Waals surface area contributed by atoms with Gasteiger partial charge in [-0.1, -0.05) is 6.07 Å². The summed E-state index contributed by atoms with van der Waals surface area (Å²) in [5.41, 5.74) is -0.636. The summed E-state index contributed by atoms with van der Waals surface area (Å²) >= 11 is 0. The van der Waals surface area contributed by atoms with Crippen LogP contribution in [0.15, 0.2) is 18.2 Å². The molecule has 1 rings (SSSR count). The number of ketones is 1. The fourth-order valence-electron chi connectivity index (χ4n) is 1.73. The molecule has 1 aromatic rings. The lowest BCUT2D eigenvalue weighted by Gasteiger charge is -2.22. The number of phenols is 1. The second-order valence-corrected chi connectivity index (χ2v) is 5.75. The molecule has 7 nitrogen and oxygen atoms in total. The highest BCUT2D eigenvalue weighted by Crippen LogP contribution is 2.23. The molecule has 3 N–H and O–H groups in total. The molecule has 1 atom stereocenters. The molecule has 0 radical (unpaired) electrons. The van der Waals surface area contributed by atoms with E-state index in [1.807, 2.05) is 0 Å². The van der Waals surface area contributed by atoms with Gasteiger partial charge in [-0.15, -0.1) is 0 Å². The van der Waals surface area contributed by atoms with Gasteiger partial charge in [-0.25, -0.2) is 9.59 Å². The number of carbonyl (C=O) groups is 3. The quantitative estimate of drug-likeness (QED) is 0.735. The van der Waals surface area contributed by atoms with Crippen molar-refractivity contribution in [3.05, 3.63) is 29.3 Å². The molecule has 0 fully saturated rings. The maximum atomic E-state index is 11.7. The van der Waals surface area contributed by atoms with Crippen LogP contribution in [0.3, 0.4) is 0 Å². The zero-order chi connectivity index (χ0) is 17.1. The van der Waals surface area contributed by atoms with Crippen LogP contribution in [0.5, 0.6) is 5.75 Å². The van der Waals surface area contributed by atoms with E-state index < -0.39 is 29.5 Å². The molecule has 0 aromatic heterocycles. The second kappa shape index (κ2) is 6.46. The number of nitrogens with one attached hydrogen (secondary N) is 1. The molecule has 0 saturated carbocycles. The highest BCUT2D eigenvalue weighted by atomic mass is 16.6. The van der Waals surface area contributed by atoms with Crippen LogP contribution in [0.2, 0.25) is 0 Å². The molecular formula is C15H19NO6. The Kier molecular flexibility index (Phi) is 5.14. The zero-order valence-electron chi connectivity index (χ0n) is 12.8. The SMILES string of the molecule is CC(=O)c1cc(C(NC(=O)OC(C)(C)C)C(=O)O)ccc1O. The Hall–Kier alpha value is -2.57. The van der Waals surface area contributed by atoms with Crippen molar-refractivity contribution in [3.63, 3.8) is 0 Å². The van der Waals surface area contributed by atoms with Crippen molar-refractivity contribution >= 4 is 17.8 Å². The number of amides is 1. The van der Waals surface area contributed by atoms with E-state index in [-0.39, 0.29) is 16.9 Å². The number of ether oxygens (including phenoxy) is 1. The molecule has 1 aromatic carbocycles. The van der Waals surface area contributed by atoms with Gasteiger partial charge in [0, 0.05) is 0 Å². The molecule has 120 valence electrons. The van der Waals surface area contributed by atoms with Crippen molar-refractivity contribution in [3.8, 4) is 5.75 Å². The van der Waals surface area contributed by atoms with Crippen molar-refractivity contribution in [2.24, 2.45) is 0 Å². The molecule has 1 unspecified atom stereocenters. The third-order valence-electron chi connectivity index (χ3n) is 2.64. The van der Waals surface area contributed by atoms with Gasteiger partial charge in [-0.3, -0.25) is 4.79 Å². The van der Waals surface area contributed by atoms with Gasteiger partial charge in [0.2, 0.25) is 0 Å². The topological polar surface area (TPSA) is 113 Å². The minimum Gasteiger partial charge on any atom is -0.507 e. The second-order valence-electron chi connectivity index (χ2n) is 5.75. The number of phenolic OH excluding ortho intramolecular Hbond substituents is 1. The molecule has 0 aliphatic rings. The van der Waals surface area contributed by atoms with Gasteiger partial charge < -0.3 is 20.3 Å². The lowest BCUT2D eigenvalue weighted by atomic mass is 10.0. The Labute approximate surface area is 127 Å². The standard InChI is InChI=1S/C15H19NO6/c1-8(17)10-7-9(5-6-11(10)18)12(13(19)20)16-14(21)22-15(2,3)4/h5-7,12,18H,1-4H3,(H,16,21)(H,19,20). The molecule has 22 heavy (non-hydrogen) atoms. The van der Waals surface area contributed by atoms with Crippen LogP contribution in [-0.4, -0.2) is 33.7 Å². The van der Waals surface area contributed by atoms with Crippen molar-refractivity contribution in [1.29, 1.82) is 0 Å². The van der Waals surface area contributed by atoms with E-state index in [2.05, 4.69) is 5.32 Å². The minimum atomic E-state index is -1.39. The summed E-state index contributed by atoms with van der Waals surface area (Å²) in [6.45, 7) is 6.19. The van der Waals surface area contributed by atoms with Crippen LogP contribution in [0, 0.1) is 0 Å². The number of carboxylic acids is 1. The molecule has 0 saturated heterocycles. The lowest BCUT2D eigenvalue weighted by Crippen LogP contribution is -2.38. The number of hydrogen-bond acceptors (Lipinski definition) is 5. The van der Waals surface area contributed by atoms with Crippen molar-refractivity contribution in [1.82, 2.24) is 5.32 Å². The predicted molar refractivity (Wildman–Crippen MR) is 77.9 cm³/mol. The fourth-order valence-corrected chi connectivity index (χ4v) is 1.73. The van der Waals surface area contributed by atoms with Gasteiger partial charge in [-0.05, 0) is 45.4 Å². The Bertz CT molecular complexity index is 603. The summed E-state index contributed by atoms with van der Waals surface area (Å²) < 4.78 is 5.01. The molecule has 0 heterocycles. The first-order chi connectivity index (χ1) is 10.0. The number of aromatic hydroxyl groups is 1. The third-order valence-corrected chi connectivity index (χ3v) is 2.64. The van der Waals surface area contributed by atoms with Crippen molar-refractivity contribution in [2.75, 3.05) is 0 Å². The van der Waals surface area contributed by atoms with Gasteiger partial charge in [0.1, 0.15) is 11.4 Å². The molecule has 0 aliphatic heterocycles. The monoisotopic (exact) mass is 309 g/mol. The largest absolute Gasteiger partial charge is 0.507 e. The number of hydrogen-bond donors (Lipinski definition) is 3.